The summed E-state index contributed by atoms with van der Waals surface area (Å²) >= 11 is 0. The fourth-order valence-corrected chi connectivity index (χ4v) is 1.98. The Morgan fingerprint density at radius 2 is 2.00 bits per heavy atom. The van der Waals surface area contributed by atoms with E-state index >= 15 is 0 Å². The van der Waals surface area contributed by atoms with Gasteiger partial charge in [0.2, 0.25) is 0 Å². The van der Waals surface area contributed by atoms with E-state index in [2.05, 4.69) is 20.8 Å². The van der Waals surface area contributed by atoms with Gasteiger partial charge in [-0.3, -0.25) is 4.79 Å². The largest absolute Gasteiger partial charge is 0.493 e. The normalized spacial score (nSPS) is 12.6. The molecule has 0 amide bonds. The highest BCUT2D eigenvalue weighted by molar-refractivity contribution is 5.94. The van der Waals surface area contributed by atoms with E-state index in [0.29, 0.717) is 24.2 Å². The number of carbonyl (C=O) groups is 1. The number of rotatable bonds is 6. The molecule has 0 fully saturated rings. The highest BCUT2D eigenvalue weighted by atomic mass is 19.1. The third-order valence-electron chi connectivity index (χ3n) is 2.73. The maximum atomic E-state index is 13.5. The second-order valence-corrected chi connectivity index (χ2v) is 5.24. The van der Waals surface area contributed by atoms with Gasteiger partial charge in [-0.2, -0.15) is 0 Å². The number of ketones is 1. The summed E-state index contributed by atoms with van der Waals surface area (Å²) in [5, 5.41) is 0. The molecule has 0 aliphatic rings. The minimum Gasteiger partial charge on any atom is -0.493 e. The van der Waals surface area contributed by atoms with Crippen LogP contribution < -0.4 is 4.74 Å². The predicted octanol–water partition coefficient (Wildman–Crippen LogP) is 4.09. The van der Waals surface area contributed by atoms with E-state index in [9.17, 15) is 9.18 Å². The third-order valence-corrected chi connectivity index (χ3v) is 2.73. The van der Waals surface area contributed by atoms with Crippen molar-refractivity contribution in [1.82, 2.24) is 0 Å². The zero-order chi connectivity index (χ0) is 13.7. The first-order valence-corrected chi connectivity index (χ1v) is 6.33. The SMILES string of the molecule is CC(=O)c1ccc(OCC(C)CC(C)C)cc1F. The lowest BCUT2D eigenvalue weighted by Gasteiger charge is -2.15. The van der Waals surface area contributed by atoms with Crippen LogP contribution in [0.1, 0.15) is 44.5 Å². The van der Waals surface area contributed by atoms with E-state index in [1.54, 1.807) is 6.07 Å². The molecule has 0 aliphatic carbocycles. The van der Waals surface area contributed by atoms with Crippen molar-refractivity contribution in [2.75, 3.05) is 6.61 Å². The Labute approximate surface area is 108 Å². The number of Topliss-reactive ketones (excluding diaryl/α,β-unsaturated/α-hetero) is 1. The van der Waals surface area contributed by atoms with Crippen LogP contribution in [0.4, 0.5) is 4.39 Å². The van der Waals surface area contributed by atoms with Crippen molar-refractivity contribution in [3.05, 3.63) is 29.6 Å². The first-order chi connectivity index (χ1) is 8.40. The molecule has 3 heteroatoms. The molecular formula is C15H21FO2. The first kappa shape index (κ1) is 14.7. The lowest BCUT2D eigenvalue weighted by molar-refractivity contribution is 0.101. The number of hydrogen-bond donors (Lipinski definition) is 0. The molecule has 0 saturated carbocycles. The van der Waals surface area contributed by atoms with Crippen LogP contribution in [0.15, 0.2) is 18.2 Å². The fraction of sp³-hybridized carbons (Fsp3) is 0.533. The van der Waals surface area contributed by atoms with E-state index in [0.717, 1.165) is 6.42 Å². The predicted molar refractivity (Wildman–Crippen MR) is 70.5 cm³/mol. The lowest BCUT2D eigenvalue weighted by Crippen LogP contribution is -2.11. The summed E-state index contributed by atoms with van der Waals surface area (Å²) in [4.78, 5) is 11.1. The van der Waals surface area contributed by atoms with E-state index in [4.69, 9.17) is 4.74 Å². The van der Waals surface area contributed by atoms with Crippen molar-refractivity contribution in [2.45, 2.75) is 34.1 Å². The van der Waals surface area contributed by atoms with Crippen LogP contribution in [-0.4, -0.2) is 12.4 Å². The molecule has 1 aromatic carbocycles. The van der Waals surface area contributed by atoms with Gasteiger partial charge < -0.3 is 4.74 Å². The van der Waals surface area contributed by atoms with Gasteiger partial charge in [0.25, 0.3) is 0 Å². The number of carbonyl (C=O) groups excluding carboxylic acids is 1. The van der Waals surface area contributed by atoms with Gasteiger partial charge in [-0.25, -0.2) is 4.39 Å². The highest BCUT2D eigenvalue weighted by Gasteiger charge is 2.10. The van der Waals surface area contributed by atoms with Gasteiger partial charge in [-0.05, 0) is 37.3 Å². The van der Waals surface area contributed by atoms with E-state index < -0.39 is 5.82 Å². The zero-order valence-electron chi connectivity index (χ0n) is 11.5. The average Bonchev–Trinajstić information content (AvgIpc) is 2.25. The van der Waals surface area contributed by atoms with E-state index in [1.807, 2.05) is 0 Å². The van der Waals surface area contributed by atoms with Crippen molar-refractivity contribution in [3.8, 4) is 5.75 Å². The topological polar surface area (TPSA) is 26.3 Å². The molecule has 0 N–H and O–H groups in total. The van der Waals surface area contributed by atoms with Gasteiger partial charge in [0, 0.05) is 6.07 Å². The molecule has 0 bridgehead atoms. The molecule has 1 aromatic rings. The van der Waals surface area contributed by atoms with Gasteiger partial charge in [0.15, 0.2) is 5.78 Å². The van der Waals surface area contributed by atoms with Crippen molar-refractivity contribution < 1.29 is 13.9 Å². The van der Waals surface area contributed by atoms with Crippen LogP contribution in [0.2, 0.25) is 0 Å². The third kappa shape index (κ3) is 4.47. The standard InChI is InChI=1S/C15H21FO2/c1-10(2)7-11(3)9-18-13-5-6-14(12(4)17)15(16)8-13/h5-6,8,10-11H,7,9H2,1-4H3. The maximum absolute atomic E-state index is 13.5. The molecule has 0 aliphatic heterocycles. The molecule has 1 rings (SSSR count). The smallest absolute Gasteiger partial charge is 0.162 e. The average molecular weight is 252 g/mol. The lowest BCUT2D eigenvalue weighted by atomic mass is 10.00. The summed E-state index contributed by atoms with van der Waals surface area (Å²) in [6, 6.07) is 4.39. The molecule has 0 aromatic heterocycles. The summed E-state index contributed by atoms with van der Waals surface area (Å²) < 4.78 is 19.1. The molecule has 2 nitrogen and oxygen atoms in total. The highest BCUT2D eigenvalue weighted by Crippen LogP contribution is 2.19. The number of benzene rings is 1. The van der Waals surface area contributed by atoms with Gasteiger partial charge in [0.05, 0.1) is 12.2 Å². The number of hydrogen-bond acceptors (Lipinski definition) is 2. The van der Waals surface area contributed by atoms with Crippen LogP contribution in [0.5, 0.6) is 5.75 Å². The summed E-state index contributed by atoms with van der Waals surface area (Å²) in [6.45, 7) is 8.36. The Bertz CT molecular complexity index is 413. The molecular weight excluding hydrogens is 231 g/mol. The zero-order valence-corrected chi connectivity index (χ0v) is 11.5. The molecule has 100 valence electrons. The number of halogens is 1. The quantitative estimate of drug-likeness (QED) is 0.713. The Balaban J connectivity index is 2.58. The summed E-state index contributed by atoms with van der Waals surface area (Å²) in [6.07, 6.45) is 1.08. The van der Waals surface area contributed by atoms with Crippen LogP contribution in [0.25, 0.3) is 0 Å². The van der Waals surface area contributed by atoms with Gasteiger partial charge in [-0.1, -0.05) is 20.8 Å². The maximum Gasteiger partial charge on any atom is 0.162 e. The number of ether oxygens (including phenoxy) is 1. The second-order valence-electron chi connectivity index (χ2n) is 5.24. The van der Waals surface area contributed by atoms with Crippen molar-refractivity contribution in [2.24, 2.45) is 11.8 Å². The summed E-state index contributed by atoms with van der Waals surface area (Å²) in [7, 11) is 0. The van der Waals surface area contributed by atoms with Crippen molar-refractivity contribution in [1.29, 1.82) is 0 Å². The molecule has 18 heavy (non-hydrogen) atoms. The summed E-state index contributed by atoms with van der Waals surface area (Å²) in [5.41, 5.74) is 0.109. The molecule has 0 saturated heterocycles. The van der Waals surface area contributed by atoms with Gasteiger partial charge in [0.1, 0.15) is 11.6 Å². The molecule has 0 heterocycles. The Kier molecular flexibility index (Phi) is 5.32. The summed E-state index contributed by atoms with van der Waals surface area (Å²) in [5.74, 6) is 0.748. The molecule has 0 radical (unpaired) electrons. The molecule has 0 spiro atoms. The Hall–Kier alpha value is -1.38. The Morgan fingerprint density at radius 1 is 1.33 bits per heavy atom. The fourth-order valence-electron chi connectivity index (χ4n) is 1.98. The van der Waals surface area contributed by atoms with Gasteiger partial charge in [-0.15, -0.1) is 0 Å². The van der Waals surface area contributed by atoms with Crippen LogP contribution >= 0.6 is 0 Å². The molecule has 1 atom stereocenters. The van der Waals surface area contributed by atoms with Crippen molar-refractivity contribution in [3.63, 3.8) is 0 Å². The van der Waals surface area contributed by atoms with Crippen LogP contribution in [0, 0.1) is 17.7 Å². The monoisotopic (exact) mass is 252 g/mol. The first-order valence-electron chi connectivity index (χ1n) is 6.33. The van der Waals surface area contributed by atoms with Crippen LogP contribution in [0.3, 0.4) is 0 Å². The Morgan fingerprint density at radius 3 is 2.50 bits per heavy atom. The second kappa shape index (κ2) is 6.53. The van der Waals surface area contributed by atoms with Gasteiger partial charge >= 0.3 is 0 Å². The minimum absolute atomic E-state index is 0.109. The molecule has 1 unspecified atom stereocenters. The minimum atomic E-state index is -0.517. The van der Waals surface area contributed by atoms with E-state index in [1.165, 1.54) is 19.1 Å². The van der Waals surface area contributed by atoms with Crippen LogP contribution in [-0.2, 0) is 0 Å². The van der Waals surface area contributed by atoms with E-state index in [-0.39, 0.29) is 11.3 Å². The van der Waals surface area contributed by atoms with Crippen molar-refractivity contribution >= 4 is 5.78 Å².